The molecule has 0 amide bonds. The first kappa shape index (κ1) is 13.0. The summed E-state index contributed by atoms with van der Waals surface area (Å²) in [5.41, 5.74) is 2.35. The Morgan fingerprint density at radius 1 is 1.25 bits per heavy atom. The quantitative estimate of drug-likeness (QED) is 0.922. The minimum atomic E-state index is 0.365. The van der Waals surface area contributed by atoms with Gasteiger partial charge in [0, 0.05) is 26.0 Å². The average Bonchev–Trinajstić information content (AvgIpc) is 2.96. The fourth-order valence-corrected chi connectivity index (χ4v) is 2.74. The first-order valence-electron chi connectivity index (χ1n) is 6.99. The maximum absolute atomic E-state index is 4.64. The zero-order valence-corrected chi connectivity index (χ0v) is 11.7. The monoisotopic (exact) mass is 269 g/mol. The third kappa shape index (κ3) is 2.77. The smallest absolute Gasteiger partial charge is 0.144 e. The summed E-state index contributed by atoms with van der Waals surface area (Å²) >= 11 is 0. The Labute approximate surface area is 119 Å². The van der Waals surface area contributed by atoms with Crippen LogP contribution in [0.3, 0.4) is 0 Å². The third-order valence-electron chi connectivity index (χ3n) is 3.75. The van der Waals surface area contributed by atoms with Crippen LogP contribution in [0.15, 0.2) is 36.9 Å². The van der Waals surface area contributed by atoms with E-state index >= 15 is 0 Å². The molecule has 1 N–H and O–H groups in total. The number of rotatable bonds is 4. The molecule has 1 aliphatic heterocycles. The van der Waals surface area contributed by atoms with Crippen molar-refractivity contribution in [3.8, 4) is 0 Å². The molecule has 3 heterocycles. The molecule has 104 valence electrons. The Balaban J connectivity index is 1.78. The van der Waals surface area contributed by atoms with Gasteiger partial charge in [0.1, 0.15) is 5.82 Å². The Kier molecular flexibility index (Phi) is 3.87. The normalized spacial score (nSPS) is 19.1. The third-order valence-corrected chi connectivity index (χ3v) is 3.75. The standard InChI is InChI=1S/C15H19N5/c1-16-15-10-18-9-13(19-15)14-3-2-8-20(14)11-12-4-6-17-7-5-12/h4-7,9-10,14H,2-3,8,11H2,1H3,(H,16,19). The molecule has 0 spiro atoms. The Morgan fingerprint density at radius 2 is 2.10 bits per heavy atom. The van der Waals surface area contributed by atoms with Crippen molar-refractivity contribution in [3.05, 3.63) is 48.2 Å². The van der Waals surface area contributed by atoms with Crippen molar-refractivity contribution in [1.29, 1.82) is 0 Å². The van der Waals surface area contributed by atoms with Crippen molar-refractivity contribution in [2.24, 2.45) is 0 Å². The zero-order chi connectivity index (χ0) is 13.8. The molecular formula is C15H19N5. The molecule has 1 unspecified atom stereocenters. The van der Waals surface area contributed by atoms with Gasteiger partial charge in [-0.05, 0) is 37.1 Å². The molecule has 1 atom stereocenters. The summed E-state index contributed by atoms with van der Waals surface area (Å²) in [5.74, 6) is 0.832. The van der Waals surface area contributed by atoms with Gasteiger partial charge in [-0.1, -0.05) is 0 Å². The maximum Gasteiger partial charge on any atom is 0.144 e. The van der Waals surface area contributed by atoms with Gasteiger partial charge in [-0.15, -0.1) is 0 Å². The lowest BCUT2D eigenvalue weighted by Gasteiger charge is -2.24. The number of aromatic nitrogens is 3. The summed E-state index contributed by atoms with van der Waals surface area (Å²) in [5, 5.41) is 3.05. The molecule has 1 fully saturated rings. The summed E-state index contributed by atoms with van der Waals surface area (Å²) in [6.45, 7) is 2.05. The van der Waals surface area contributed by atoms with Gasteiger partial charge in [0.15, 0.2) is 0 Å². The SMILES string of the molecule is CNc1cncc(C2CCCN2Cc2ccncc2)n1. The van der Waals surface area contributed by atoms with E-state index in [-0.39, 0.29) is 0 Å². The van der Waals surface area contributed by atoms with Crippen molar-refractivity contribution in [3.63, 3.8) is 0 Å². The lowest BCUT2D eigenvalue weighted by Crippen LogP contribution is -2.23. The van der Waals surface area contributed by atoms with Crippen molar-refractivity contribution in [1.82, 2.24) is 19.9 Å². The summed E-state index contributed by atoms with van der Waals surface area (Å²) < 4.78 is 0. The van der Waals surface area contributed by atoms with Crippen LogP contribution in [0.2, 0.25) is 0 Å². The van der Waals surface area contributed by atoms with Gasteiger partial charge in [-0.25, -0.2) is 4.98 Å². The predicted octanol–water partition coefficient (Wildman–Crippen LogP) is 2.25. The highest BCUT2D eigenvalue weighted by Gasteiger charge is 2.27. The lowest BCUT2D eigenvalue weighted by molar-refractivity contribution is 0.244. The molecule has 0 radical (unpaired) electrons. The number of nitrogens with one attached hydrogen (secondary N) is 1. The highest BCUT2D eigenvalue weighted by molar-refractivity contribution is 5.31. The highest BCUT2D eigenvalue weighted by atomic mass is 15.2. The first-order valence-corrected chi connectivity index (χ1v) is 6.99. The summed E-state index contributed by atoms with van der Waals surface area (Å²) in [6.07, 6.45) is 9.69. The van der Waals surface area contributed by atoms with E-state index in [1.807, 2.05) is 25.6 Å². The van der Waals surface area contributed by atoms with E-state index in [0.29, 0.717) is 6.04 Å². The molecule has 0 saturated carbocycles. The topological polar surface area (TPSA) is 53.9 Å². The fraction of sp³-hybridized carbons (Fsp3) is 0.400. The van der Waals surface area contributed by atoms with E-state index in [1.54, 1.807) is 6.20 Å². The van der Waals surface area contributed by atoms with Gasteiger partial charge < -0.3 is 5.32 Å². The van der Waals surface area contributed by atoms with Crippen LogP contribution in [-0.2, 0) is 6.54 Å². The molecule has 0 aromatic carbocycles. The van der Waals surface area contributed by atoms with Gasteiger partial charge in [0.25, 0.3) is 0 Å². The van der Waals surface area contributed by atoms with Gasteiger partial charge in [0.2, 0.25) is 0 Å². The fourth-order valence-electron chi connectivity index (χ4n) is 2.74. The highest BCUT2D eigenvalue weighted by Crippen LogP contribution is 2.32. The largest absolute Gasteiger partial charge is 0.372 e. The Hall–Kier alpha value is -2.01. The molecule has 0 aliphatic carbocycles. The molecule has 5 heteroatoms. The minimum Gasteiger partial charge on any atom is -0.372 e. The van der Waals surface area contributed by atoms with Crippen LogP contribution in [0.5, 0.6) is 0 Å². The van der Waals surface area contributed by atoms with E-state index < -0.39 is 0 Å². The number of hydrogen-bond acceptors (Lipinski definition) is 5. The number of anilines is 1. The molecule has 3 rings (SSSR count). The molecule has 1 aliphatic rings. The van der Waals surface area contributed by atoms with E-state index in [9.17, 15) is 0 Å². The second-order valence-electron chi connectivity index (χ2n) is 5.06. The molecular weight excluding hydrogens is 250 g/mol. The number of hydrogen-bond donors (Lipinski definition) is 1. The first-order chi connectivity index (χ1) is 9.86. The molecule has 2 aromatic heterocycles. The van der Waals surface area contributed by atoms with Crippen LogP contribution in [0, 0.1) is 0 Å². The maximum atomic E-state index is 4.64. The van der Waals surface area contributed by atoms with Gasteiger partial charge in [-0.2, -0.15) is 0 Å². The summed E-state index contributed by atoms with van der Waals surface area (Å²) in [6, 6.07) is 4.51. The van der Waals surface area contributed by atoms with Crippen molar-refractivity contribution < 1.29 is 0 Å². The lowest BCUT2D eigenvalue weighted by atomic mass is 10.1. The van der Waals surface area contributed by atoms with Crippen LogP contribution in [0.1, 0.15) is 30.1 Å². The number of nitrogens with zero attached hydrogens (tertiary/aromatic N) is 4. The van der Waals surface area contributed by atoms with E-state index in [2.05, 4.69) is 37.3 Å². The molecule has 2 aromatic rings. The second-order valence-corrected chi connectivity index (χ2v) is 5.06. The van der Waals surface area contributed by atoms with E-state index in [0.717, 1.165) is 31.0 Å². The van der Waals surface area contributed by atoms with Gasteiger partial charge in [-0.3, -0.25) is 14.9 Å². The van der Waals surface area contributed by atoms with E-state index in [4.69, 9.17) is 0 Å². The van der Waals surface area contributed by atoms with Gasteiger partial charge in [0.05, 0.1) is 24.1 Å². The summed E-state index contributed by atoms with van der Waals surface area (Å²) in [7, 11) is 1.87. The van der Waals surface area contributed by atoms with Gasteiger partial charge >= 0.3 is 0 Å². The van der Waals surface area contributed by atoms with Crippen LogP contribution < -0.4 is 5.32 Å². The summed E-state index contributed by atoms with van der Waals surface area (Å²) in [4.78, 5) is 15.5. The number of pyridine rings is 1. The average molecular weight is 269 g/mol. The minimum absolute atomic E-state index is 0.365. The van der Waals surface area contributed by atoms with Crippen molar-refractivity contribution in [2.75, 3.05) is 18.9 Å². The predicted molar refractivity (Wildman–Crippen MR) is 78.2 cm³/mol. The van der Waals surface area contributed by atoms with Crippen LogP contribution in [0.25, 0.3) is 0 Å². The second kappa shape index (κ2) is 5.96. The Bertz CT molecular complexity index is 557. The number of likely N-dealkylation sites (tertiary alicyclic amines) is 1. The molecule has 20 heavy (non-hydrogen) atoms. The van der Waals surface area contributed by atoms with Crippen LogP contribution in [-0.4, -0.2) is 33.4 Å². The molecule has 5 nitrogen and oxygen atoms in total. The van der Waals surface area contributed by atoms with Crippen LogP contribution >= 0.6 is 0 Å². The van der Waals surface area contributed by atoms with Crippen molar-refractivity contribution in [2.45, 2.75) is 25.4 Å². The van der Waals surface area contributed by atoms with E-state index in [1.165, 1.54) is 12.0 Å². The Morgan fingerprint density at radius 3 is 2.90 bits per heavy atom. The van der Waals surface area contributed by atoms with Crippen molar-refractivity contribution >= 4 is 5.82 Å². The zero-order valence-electron chi connectivity index (χ0n) is 11.7. The van der Waals surface area contributed by atoms with Crippen LogP contribution in [0.4, 0.5) is 5.82 Å². The molecule has 1 saturated heterocycles. The molecule has 0 bridgehead atoms.